The monoisotopic (exact) mass is 313 g/mol. The second-order valence-corrected chi connectivity index (χ2v) is 7.30. The standard InChI is InChI=1S/C14H23N3O3S/c1-13(2,3)17-10(18)6-7-15-12-16-9(8-21-12)14(4,5)11(19)20/h8H,6-7H2,1-5H3,(H,15,16)(H,17,18)(H,19,20). The summed E-state index contributed by atoms with van der Waals surface area (Å²) >= 11 is 1.34. The lowest BCUT2D eigenvalue weighted by Gasteiger charge is -2.20. The molecule has 0 aromatic carbocycles. The van der Waals surface area contributed by atoms with Gasteiger partial charge in [0.15, 0.2) is 5.13 Å². The first kappa shape index (κ1) is 17.4. The summed E-state index contributed by atoms with van der Waals surface area (Å²) in [5.41, 5.74) is -0.738. The van der Waals surface area contributed by atoms with Crippen molar-refractivity contribution in [1.29, 1.82) is 0 Å². The minimum absolute atomic E-state index is 0.0300. The molecule has 1 heterocycles. The SMILES string of the molecule is CC(C)(C)NC(=O)CCNc1nc(C(C)(C)C(=O)O)cs1. The van der Waals surface area contributed by atoms with Gasteiger partial charge in [-0.2, -0.15) is 0 Å². The van der Waals surface area contributed by atoms with E-state index in [2.05, 4.69) is 15.6 Å². The fourth-order valence-corrected chi connectivity index (χ4v) is 2.42. The van der Waals surface area contributed by atoms with Gasteiger partial charge in [0.25, 0.3) is 0 Å². The summed E-state index contributed by atoms with van der Waals surface area (Å²) in [6, 6.07) is 0. The van der Waals surface area contributed by atoms with Crippen LogP contribution < -0.4 is 10.6 Å². The van der Waals surface area contributed by atoms with Gasteiger partial charge in [0.2, 0.25) is 5.91 Å². The molecule has 0 radical (unpaired) electrons. The number of anilines is 1. The van der Waals surface area contributed by atoms with E-state index in [4.69, 9.17) is 5.11 Å². The number of rotatable bonds is 6. The number of carboxylic acids is 1. The van der Waals surface area contributed by atoms with Crippen molar-refractivity contribution in [3.63, 3.8) is 0 Å². The summed E-state index contributed by atoms with van der Waals surface area (Å²) in [5, 5.41) is 17.4. The van der Waals surface area contributed by atoms with Gasteiger partial charge in [-0.1, -0.05) is 0 Å². The van der Waals surface area contributed by atoms with Gasteiger partial charge >= 0.3 is 5.97 Å². The Balaban J connectivity index is 2.50. The van der Waals surface area contributed by atoms with Gasteiger partial charge in [0.05, 0.1) is 5.69 Å². The second-order valence-electron chi connectivity index (χ2n) is 6.44. The number of nitrogens with zero attached hydrogens (tertiary/aromatic N) is 1. The number of thiazole rings is 1. The number of carbonyl (C=O) groups excluding carboxylic acids is 1. The number of hydrogen-bond acceptors (Lipinski definition) is 5. The topological polar surface area (TPSA) is 91.3 Å². The quantitative estimate of drug-likeness (QED) is 0.749. The smallest absolute Gasteiger partial charge is 0.315 e. The Labute approximate surface area is 129 Å². The minimum Gasteiger partial charge on any atom is -0.481 e. The predicted octanol–water partition coefficient (Wildman–Crippen LogP) is 2.22. The maximum Gasteiger partial charge on any atom is 0.315 e. The van der Waals surface area contributed by atoms with Crippen LogP contribution in [0.15, 0.2) is 5.38 Å². The van der Waals surface area contributed by atoms with E-state index in [9.17, 15) is 9.59 Å². The molecule has 7 heteroatoms. The Bertz CT molecular complexity index is 518. The van der Waals surface area contributed by atoms with Gasteiger partial charge in [-0.15, -0.1) is 11.3 Å². The number of aromatic nitrogens is 1. The molecule has 1 amide bonds. The van der Waals surface area contributed by atoms with Gasteiger partial charge in [0, 0.05) is 23.9 Å². The Morgan fingerprint density at radius 3 is 2.43 bits per heavy atom. The Morgan fingerprint density at radius 1 is 1.29 bits per heavy atom. The fourth-order valence-electron chi connectivity index (χ4n) is 1.52. The number of aliphatic carboxylic acids is 1. The van der Waals surface area contributed by atoms with Crippen LogP contribution in [0.5, 0.6) is 0 Å². The third-order valence-electron chi connectivity index (χ3n) is 2.82. The van der Waals surface area contributed by atoms with Crippen molar-refractivity contribution in [2.75, 3.05) is 11.9 Å². The molecule has 21 heavy (non-hydrogen) atoms. The second kappa shape index (κ2) is 6.43. The largest absolute Gasteiger partial charge is 0.481 e. The van der Waals surface area contributed by atoms with E-state index >= 15 is 0 Å². The van der Waals surface area contributed by atoms with E-state index in [1.807, 2.05) is 20.8 Å². The maximum atomic E-state index is 11.7. The van der Waals surface area contributed by atoms with Crippen LogP contribution in [0.2, 0.25) is 0 Å². The van der Waals surface area contributed by atoms with Crippen LogP contribution >= 0.6 is 11.3 Å². The van der Waals surface area contributed by atoms with E-state index in [-0.39, 0.29) is 11.4 Å². The average molecular weight is 313 g/mol. The van der Waals surface area contributed by atoms with E-state index in [1.165, 1.54) is 11.3 Å². The Kier molecular flexibility index (Phi) is 5.33. The van der Waals surface area contributed by atoms with Gasteiger partial charge in [0.1, 0.15) is 5.41 Å². The fraction of sp³-hybridized carbons (Fsp3) is 0.643. The minimum atomic E-state index is -1.01. The number of nitrogens with one attached hydrogen (secondary N) is 2. The highest BCUT2D eigenvalue weighted by atomic mass is 32.1. The van der Waals surface area contributed by atoms with Crippen molar-refractivity contribution < 1.29 is 14.7 Å². The first-order valence-corrected chi connectivity index (χ1v) is 7.64. The number of carbonyl (C=O) groups is 2. The van der Waals surface area contributed by atoms with Crippen molar-refractivity contribution in [2.24, 2.45) is 0 Å². The molecule has 1 aromatic heterocycles. The zero-order valence-electron chi connectivity index (χ0n) is 13.1. The molecule has 3 N–H and O–H groups in total. The Hall–Kier alpha value is -1.63. The van der Waals surface area contributed by atoms with Gasteiger partial charge in [-0.3, -0.25) is 9.59 Å². The third-order valence-corrected chi connectivity index (χ3v) is 3.62. The zero-order chi connectivity index (χ0) is 16.3. The molecular formula is C14H23N3O3S. The van der Waals surface area contributed by atoms with Crippen LogP contribution in [-0.4, -0.2) is 34.1 Å². The zero-order valence-corrected chi connectivity index (χ0v) is 13.9. The molecule has 0 saturated carbocycles. The lowest BCUT2D eigenvalue weighted by Crippen LogP contribution is -2.41. The van der Waals surface area contributed by atoms with Gasteiger partial charge in [-0.25, -0.2) is 4.98 Å². The molecule has 0 aliphatic rings. The van der Waals surface area contributed by atoms with Crippen LogP contribution in [0, 0.1) is 0 Å². The van der Waals surface area contributed by atoms with Crippen molar-refractivity contribution in [1.82, 2.24) is 10.3 Å². The van der Waals surface area contributed by atoms with Crippen molar-refractivity contribution in [3.05, 3.63) is 11.1 Å². The molecule has 0 unspecified atom stereocenters. The molecule has 0 fully saturated rings. The normalized spacial score (nSPS) is 12.0. The molecule has 1 aromatic rings. The van der Waals surface area contributed by atoms with Crippen LogP contribution in [0.1, 0.15) is 46.7 Å². The van der Waals surface area contributed by atoms with Crippen LogP contribution in [0.25, 0.3) is 0 Å². The van der Waals surface area contributed by atoms with Gasteiger partial charge in [-0.05, 0) is 34.6 Å². The molecule has 0 aliphatic heterocycles. The first-order chi connectivity index (χ1) is 9.52. The molecule has 0 atom stereocenters. The highest BCUT2D eigenvalue weighted by Crippen LogP contribution is 2.27. The lowest BCUT2D eigenvalue weighted by molar-refractivity contribution is -0.142. The van der Waals surface area contributed by atoms with E-state index in [1.54, 1.807) is 19.2 Å². The lowest BCUT2D eigenvalue weighted by atomic mass is 9.90. The summed E-state index contributed by atoms with van der Waals surface area (Å²) < 4.78 is 0. The summed E-state index contributed by atoms with van der Waals surface area (Å²) in [6.07, 6.45) is 0.342. The number of amides is 1. The summed E-state index contributed by atoms with van der Waals surface area (Å²) in [7, 11) is 0. The average Bonchev–Trinajstić information content (AvgIpc) is 2.75. The van der Waals surface area contributed by atoms with E-state index in [0.717, 1.165) is 0 Å². The third kappa shape index (κ3) is 5.34. The van der Waals surface area contributed by atoms with E-state index in [0.29, 0.717) is 23.8 Å². The molecule has 0 bridgehead atoms. The molecule has 118 valence electrons. The van der Waals surface area contributed by atoms with Crippen molar-refractivity contribution in [2.45, 2.75) is 52.0 Å². The maximum absolute atomic E-state index is 11.7. The van der Waals surface area contributed by atoms with Crippen LogP contribution in [-0.2, 0) is 15.0 Å². The molecular weight excluding hydrogens is 290 g/mol. The van der Waals surface area contributed by atoms with Crippen molar-refractivity contribution in [3.8, 4) is 0 Å². The van der Waals surface area contributed by atoms with Gasteiger partial charge < -0.3 is 15.7 Å². The summed E-state index contributed by atoms with van der Waals surface area (Å²) in [6.45, 7) is 9.48. The van der Waals surface area contributed by atoms with Crippen LogP contribution in [0.4, 0.5) is 5.13 Å². The number of carboxylic acid groups (broad SMARTS) is 1. The molecule has 0 aliphatic carbocycles. The summed E-state index contributed by atoms with van der Waals surface area (Å²) in [5.74, 6) is -0.943. The molecule has 6 nitrogen and oxygen atoms in total. The van der Waals surface area contributed by atoms with Crippen LogP contribution in [0.3, 0.4) is 0 Å². The Morgan fingerprint density at radius 2 is 1.90 bits per heavy atom. The van der Waals surface area contributed by atoms with Crippen molar-refractivity contribution >= 4 is 28.3 Å². The molecule has 0 spiro atoms. The highest BCUT2D eigenvalue weighted by molar-refractivity contribution is 7.13. The first-order valence-electron chi connectivity index (χ1n) is 6.76. The molecule has 0 saturated heterocycles. The summed E-state index contributed by atoms with van der Waals surface area (Å²) in [4.78, 5) is 27.1. The highest BCUT2D eigenvalue weighted by Gasteiger charge is 2.32. The predicted molar refractivity (Wildman–Crippen MR) is 83.8 cm³/mol. The van der Waals surface area contributed by atoms with E-state index < -0.39 is 11.4 Å². The number of hydrogen-bond donors (Lipinski definition) is 3. The molecule has 1 rings (SSSR count).